The number of rotatable bonds is 5. The van der Waals surface area contributed by atoms with Gasteiger partial charge >= 0.3 is 5.97 Å². The normalized spacial score (nSPS) is 10.9. The molecule has 6 heteroatoms. The Morgan fingerprint density at radius 1 is 1.36 bits per heavy atom. The summed E-state index contributed by atoms with van der Waals surface area (Å²) in [6.07, 6.45) is 2.51. The number of aliphatic carboxylic acids is 1. The quantitative estimate of drug-likeness (QED) is 0.743. The molecule has 0 unspecified atom stereocenters. The molecular weight excluding hydrogens is 375 g/mol. The molecule has 0 heterocycles. The van der Waals surface area contributed by atoms with Crippen molar-refractivity contribution in [3.05, 3.63) is 68.9 Å². The summed E-state index contributed by atoms with van der Waals surface area (Å²) in [5.74, 6) is -0.943. The molecule has 0 aromatic heterocycles. The van der Waals surface area contributed by atoms with Crippen LogP contribution in [0.15, 0.2) is 46.9 Å². The van der Waals surface area contributed by atoms with Crippen LogP contribution in [0.25, 0.3) is 6.08 Å². The molecule has 2 rings (SSSR count). The van der Waals surface area contributed by atoms with Crippen molar-refractivity contribution in [1.29, 1.82) is 0 Å². The molecule has 2 aromatic rings. The first-order valence-corrected chi connectivity index (χ1v) is 7.40. The third-order valence-corrected chi connectivity index (χ3v) is 3.78. The Kier molecular flexibility index (Phi) is 5.57. The topological polar surface area (TPSA) is 46.5 Å². The van der Waals surface area contributed by atoms with Gasteiger partial charge in [-0.1, -0.05) is 23.7 Å². The van der Waals surface area contributed by atoms with E-state index in [-0.39, 0.29) is 12.2 Å². The molecule has 114 valence electrons. The van der Waals surface area contributed by atoms with Crippen molar-refractivity contribution in [2.24, 2.45) is 0 Å². The summed E-state index contributed by atoms with van der Waals surface area (Å²) in [5, 5.41) is 8.89. The second-order valence-corrected chi connectivity index (χ2v) is 5.61. The van der Waals surface area contributed by atoms with E-state index in [1.165, 1.54) is 18.2 Å². The van der Waals surface area contributed by atoms with Gasteiger partial charge in [-0.25, -0.2) is 9.18 Å². The Hall–Kier alpha value is -1.85. The zero-order valence-electron chi connectivity index (χ0n) is 11.2. The van der Waals surface area contributed by atoms with Crippen LogP contribution in [0.5, 0.6) is 5.75 Å². The van der Waals surface area contributed by atoms with Crippen molar-refractivity contribution >= 4 is 39.6 Å². The van der Waals surface area contributed by atoms with Gasteiger partial charge in [0.15, 0.2) is 0 Å². The van der Waals surface area contributed by atoms with Crippen LogP contribution in [-0.2, 0) is 11.4 Å². The fraction of sp³-hybridized carbons (Fsp3) is 0.0625. The molecule has 0 atom stereocenters. The molecule has 0 aliphatic heterocycles. The van der Waals surface area contributed by atoms with Crippen LogP contribution in [-0.4, -0.2) is 11.1 Å². The summed E-state index contributed by atoms with van der Waals surface area (Å²) >= 11 is 9.27. The van der Waals surface area contributed by atoms with Gasteiger partial charge in [0.05, 0.1) is 9.50 Å². The van der Waals surface area contributed by atoms with E-state index in [1.807, 2.05) is 0 Å². The van der Waals surface area contributed by atoms with E-state index in [4.69, 9.17) is 21.4 Å². The highest BCUT2D eigenvalue weighted by Gasteiger charge is 2.09. The number of carbonyl (C=O) groups is 1. The number of carboxylic acid groups (broad SMARTS) is 1. The van der Waals surface area contributed by atoms with Gasteiger partial charge in [-0.3, -0.25) is 0 Å². The van der Waals surface area contributed by atoms with Gasteiger partial charge in [-0.15, -0.1) is 0 Å². The fourth-order valence-corrected chi connectivity index (χ4v) is 2.45. The first-order chi connectivity index (χ1) is 10.5. The predicted molar refractivity (Wildman–Crippen MR) is 86.6 cm³/mol. The van der Waals surface area contributed by atoms with E-state index in [9.17, 15) is 9.18 Å². The van der Waals surface area contributed by atoms with Gasteiger partial charge in [-0.2, -0.15) is 0 Å². The third-order valence-electron chi connectivity index (χ3n) is 2.81. The van der Waals surface area contributed by atoms with Crippen molar-refractivity contribution in [3.8, 4) is 5.75 Å². The molecule has 3 nitrogen and oxygen atoms in total. The number of hydrogen-bond donors (Lipinski definition) is 1. The number of carboxylic acids is 1. The second-order valence-electron chi connectivity index (χ2n) is 4.35. The summed E-state index contributed by atoms with van der Waals surface area (Å²) in [7, 11) is 0. The smallest absolute Gasteiger partial charge is 0.328 e. The van der Waals surface area contributed by atoms with E-state index in [0.717, 1.165) is 6.08 Å². The molecule has 0 fully saturated rings. The molecular formula is C16H11BrClFO3. The fourth-order valence-electron chi connectivity index (χ4n) is 1.73. The number of hydrogen-bond acceptors (Lipinski definition) is 2. The van der Waals surface area contributed by atoms with Gasteiger partial charge in [0.1, 0.15) is 18.2 Å². The lowest BCUT2D eigenvalue weighted by Gasteiger charge is -2.10. The van der Waals surface area contributed by atoms with Crippen LogP contribution >= 0.6 is 27.5 Å². The molecule has 0 radical (unpaired) electrons. The molecule has 2 aromatic carbocycles. The van der Waals surface area contributed by atoms with Crippen LogP contribution in [0.2, 0.25) is 5.02 Å². The average Bonchev–Trinajstić information content (AvgIpc) is 2.46. The summed E-state index contributed by atoms with van der Waals surface area (Å²) in [5.41, 5.74) is 0.983. The van der Waals surface area contributed by atoms with E-state index in [1.54, 1.807) is 24.3 Å². The van der Waals surface area contributed by atoms with E-state index < -0.39 is 11.8 Å². The lowest BCUT2D eigenvalue weighted by atomic mass is 10.2. The van der Waals surface area contributed by atoms with Crippen molar-refractivity contribution in [1.82, 2.24) is 0 Å². The van der Waals surface area contributed by atoms with Gasteiger partial charge in [0, 0.05) is 11.6 Å². The van der Waals surface area contributed by atoms with Crippen molar-refractivity contribution < 1.29 is 19.0 Å². The van der Waals surface area contributed by atoms with Gasteiger partial charge in [-0.05, 0) is 51.8 Å². The van der Waals surface area contributed by atoms with E-state index in [2.05, 4.69) is 15.9 Å². The minimum absolute atomic E-state index is 0.00554. The van der Waals surface area contributed by atoms with Crippen LogP contribution in [0.1, 0.15) is 11.1 Å². The monoisotopic (exact) mass is 384 g/mol. The van der Waals surface area contributed by atoms with Gasteiger partial charge in [0.2, 0.25) is 0 Å². The molecule has 0 bridgehead atoms. The van der Waals surface area contributed by atoms with Crippen LogP contribution in [0.4, 0.5) is 4.39 Å². The first-order valence-electron chi connectivity index (χ1n) is 6.23. The summed E-state index contributed by atoms with van der Waals surface area (Å²) in [6, 6.07) is 9.51. The Morgan fingerprint density at radius 2 is 2.14 bits per heavy atom. The van der Waals surface area contributed by atoms with Crippen LogP contribution in [0, 0.1) is 5.82 Å². The SMILES string of the molecule is O=C(O)C=Cc1ccc(OCc2c(F)cccc2Cl)c(Br)c1. The average molecular weight is 386 g/mol. The van der Waals surface area contributed by atoms with Crippen LogP contribution < -0.4 is 4.74 Å². The first kappa shape index (κ1) is 16.5. The highest BCUT2D eigenvalue weighted by molar-refractivity contribution is 9.10. The minimum Gasteiger partial charge on any atom is -0.488 e. The van der Waals surface area contributed by atoms with Crippen molar-refractivity contribution in [2.45, 2.75) is 6.61 Å². The molecule has 0 saturated heterocycles. The summed E-state index contributed by atoms with van der Waals surface area (Å²) in [6.45, 7) is -0.00554. The molecule has 22 heavy (non-hydrogen) atoms. The largest absolute Gasteiger partial charge is 0.488 e. The van der Waals surface area contributed by atoms with Crippen molar-refractivity contribution in [2.75, 3.05) is 0 Å². The molecule has 0 aliphatic carbocycles. The lowest BCUT2D eigenvalue weighted by Crippen LogP contribution is -2.00. The van der Waals surface area contributed by atoms with E-state index in [0.29, 0.717) is 20.8 Å². The predicted octanol–water partition coefficient (Wildman–Crippen LogP) is 4.92. The Bertz CT molecular complexity index is 711. The Labute approximate surface area is 140 Å². The standard InChI is InChI=1S/C16H11BrClFO3/c17-12-8-10(5-7-16(20)21)4-6-15(12)22-9-11-13(18)2-1-3-14(11)19/h1-8H,9H2,(H,20,21). The second kappa shape index (κ2) is 7.42. The molecule has 1 N–H and O–H groups in total. The molecule has 0 saturated carbocycles. The Balaban J connectivity index is 2.12. The van der Waals surface area contributed by atoms with Crippen molar-refractivity contribution in [3.63, 3.8) is 0 Å². The maximum absolute atomic E-state index is 13.7. The zero-order valence-corrected chi connectivity index (χ0v) is 13.6. The highest BCUT2D eigenvalue weighted by atomic mass is 79.9. The van der Waals surface area contributed by atoms with Crippen LogP contribution in [0.3, 0.4) is 0 Å². The maximum atomic E-state index is 13.7. The van der Waals surface area contributed by atoms with Gasteiger partial charge in [0.25, 0.3) is 0 Å². The lowest BCUT2D eigenvalue weighted by molar-refractivity contribution is -0.131. The number of ether oxygens (including phenoxy) is 1. The molecule has 0 spiro atoms. The third kappa shape index (κ3) is 4.32. The minimum atomic E-state index is -1.02. The highest BCUT2D eigenvalue weighted by Crippen LogP contribution is 2.28. The number of halogens is 3. The van der Waals surface area contributed by atoms with Gasteiger partial charge < -0.3 is 9.84 Å². The summed E-state index contributed by atoms with van der Waals surface area (Å²) < 4.78 is 19.8. The number of benzene rings is 2. The Morgan fingerprint density at radius 3 is 2.77 bits per heavy atom. The zero-order chi connectivity index (χ0) is 16.1. The van der Waals surface area contributed by atoms with E-state index >= 15 is 0 Å². The maximum Gasteiger partial charge on any atom is 0.328 e. The summed E-state index contributed by atoms with van der Waals surface area (Å²) in [4.78, 5) is 10.5. The molecule has 0 aliphatic rings. The molecule has 0 amide bonds.